The van der Waals surface area contributed by atoms with Crippen LogP contribution in [-0.2, 0) is 11.3 Å². The SMILES string of the molecule is COCCCNC(=O)c1ccc(CNc2nc(C)nc3sc(C)c(C)c23)cc1. The Kier molecular flexibility index (Phi) is 6.59. The van der Waals surface area contributed by atoms with Crippen LogP contribution in [-0.4, -0.2) is 36.1 Å². The summed E-state index contributed by atoms with van der Waals surface area (Å²) in [7, 11) is 1.66. The minimum absolute atomic E-state index is 0.0619. The molecule has 0 aliphatic rings. The summed E-state index contributed by atoms with van der Waals surface area (Å²) in [5, 5.41) is 7.43. The molecule has 0 unspecified atom stereocenters. The Morgan fingerprint density at radius 3 is 2.61 bits per heavy atom. The summed E-state index contributed by atoms with van der Waals surface area (Å²) in [6.07, 6.45) is 0.804. The zero-order chi connectivity index (χ0) is 20.1. The standard InChI is InChI=1S/C21H26N4O2S/c1-13-14(2)28-21-18(13)19(24-15(3)25-21)23-12-16-6-8-17(9-7-16)20(26)22-10-5-11-27-4/h6-9H,5,10-12H2,1-4H3,(H,22,26)(H,23,24,25). The van der Waals surface area contributed by atoms with Crippen LogP contribution in [0.5, 0.6) is 0 Å². The van der Waals surface area contributed by atoms with Crippen LogP contribution in [0, 0.1) is 20.8 Å². The number of rotatable bonds is 8. The van der Waals surface area contributed by atoms with Gasteiger partial charge in [0.15, 0.2) is 0 Å². The highest BCUT2D eigenvalue weighted by Gasteiger charge is 2.13. The molecule has 3 aromatic rings. The summed E-state index contributed by atoms with van der Waals surface area (Å²) in [5.41, 5.74) is 2.97. The number of carbonyl (C=O) groups excluding carboxylic acids is 1. The molecular formula is C21H26N4O2S. The first kappa shape index (κ1) is 20.2. The number of thiophene rings is 1. The molecule has 0 atom stereocenters. The van der Waals surface area contributed by atoms with Crippen LogP contribution >= 0.6 is 11.3 Å². The number of nitrogens with zero attached hydrogens (tertiary/aromatic N) is 2. The van der Waals surface area contributed by atoms with Gasteiger partial charge < -0.3 is 15.4 Å². The maximum atomic E-state index is 12.1. The smallest absolute Gasteiger partial charge is 0.251 e. The van der Waals surface area contributed by atoms with Crippen LogP contribution in [0.15, 0.2) is 24.3 Å². The van der Waals surface area contributed by atoms with E-state index in [9.17, 15) is 4.79 Å². The largest absolute Gasteiger partial charge is 0.385 e. The molecule has 2 aromatic heterocycles. The molecular weight excluding hydrogens is 372 g/mol. The van der Waals surface area contributed by atoms with Crippen LogP contribution in [0.3, 0.4) is 0 Å². The van der Waals surface area contributed by atoms with Crippen molar-refractivity contribution in [3.8, 4) is 0 Å². The van der Waals surface area contributed by atoms with Gasteiger partial charge in [-0.3, -0.25) is 4.79 Å². The van der Waals surface area contributed by atoms with Crippen molar-refractivity contribution in [3.63, 3.8) is 0 Å². The van der Waals surface area contributed by atoms with E-state index in [-0.39, 0.29) is 5.91 Å². The van der Waals surface area contributed by atoms with E-state index >= 15 is 0 Å². The van der Waals surface area contributed by atoms with Gasteiger partial charge in [0.25, 0.3) is 5.91 Å². The van der Waals surface area contributed by atoms with E-state index in [0.29, 0.717) is 25.3 Å². The van der Waals surface area contributed by atoms with Gasteiger partial charge in [0.05, 0.1) is 5.39 Å². The number of benzene rings is 1. The van der Waals surface area contributed by atoms with Crippen molar-refractivity contribution in [1.82, 2.24) is 15.3 Å². The average Bonchev–Trinajstić information content (AvgIpc) is 2.97. The van der Waals surface area contributed by atoms with Gasteiger partial charge in [0.1, 0.15) is 16.5 Å². The quantitative estimate of drug-likeness (QED) is 0.561. The third kappa shape index (κ3) is 4.66. The molecule has 1 amide bonds. The van der Waals surface area contributed by atoms with Crippen molar-refractivity contribution in [2.24, 2.45) is 0 Å². The molecule has 28 heavy (non-hydrogen) atoms. The first-order chi connectivity index (χ1) is 13.5. The van der Waals surface area contributed by atoms with Gasteiger partial charge in [-0.25, -0.2) is 9.97 Å². The van der Waals surface area contributed by atoms with Gasteiger partial charge in [-0.15, -0.1) is 11.3 Å². The summed E-state index contributed by atoms with van der Waals surface area (Å²) in [6.45, 7) is 8.02. The lowest BCUT2D eigenvalue weighted by Gasteiger charge is -2.10. The highest BCUT2D eigenvalue weighted by atomic mass is 32.1. The number of fused-ring (bicyclic) bond motifs is 1. The van der Waals surface area contributed by atoms with Gasteiger partial charge in [0, 0.05) is 37.2 Å². The number of amides is 1. The molecule has 0 aliphatic carbocycles. The number of aryl methyl sites for hydroxylation is 3. The monoisotopic (exact) mass is 398 g/mol. The van der Waals surface area contributed by atoms with Crippen molar-refractivity contribution in [1.29, 1.82) is 0 Å². The van der Waals surface area contributed by atoms with E-state index in [1.165, 1.54) is 10.4 Å². The number of anilines is 1. The van der Waals surface area contributed by atoms with Crippen molar-refractivity contribution >= 4 is 33.3 Å². The van der Waals surface area contributed by atoms with E-state index in [1.54, 1.807) is 18.4 Å². The summed E-state index contributed by atoms with van der Waals surface area (Å²) in [4.78, 5) is 23.6. The van der Waals surface area contributed by atoms with Crippen LogP contribution in [0.4, 0.5) is 5.82 Å². The Labute approximate surface area is 169 Å². The summed E-state index contributed by atoms with van der Waals surface area (Å²) < 4.78 is 4.98. The Morgan fingerprint density at radius 2 is 1.89 bits per heavy atom. The number of aromatic nitrogens is 2. The van der Waals surface area contributed by atoms with Crippen molar-refractivity contribution in [3.05, 3.63) is 51.7 Å². The van der Waals surface area contributed by atoms with Crippen LogP contribution < -0.4 is 10.6 Å². The van der Waals surface area contributed by atoms with E-state index in [4.69, 9.17) is 4.74 Å². The maximum Gasteiger partial charge on any atom is 0.251 e. The number of hydrogen-bond acceptors (Lipinski definition) is 6. The van der Waals surface area contributed by atoms with Crippen LogP contribution in [0.25, 0.3) is 10.2 Å². The third-order valence-corrected chi connectivity index (χ3v) is 5.73. The summed E-state index contributed by atoms with van der Waals surface area (Å²) >= 11 is 1.70. The Hall–Kier alpha value is -2.51. The van der Waals surface area contributed by atoms with E-state index in [1.807, 2.05) is 31.2 Å². The number of nitrogens with one attached hydrogen (secondary N) is 2. The van der Waals surface area contributed by atoms with Gasteiger partial charge in [0.2, 0.25) is 0 Å². The molecule has 2 N–H and O–H groups in total. The van der Waals surface area contributed by atoms with Gasteiger partial charge >= 0.3 is 0 Å². The van der Waals surface area contributed by atoms with Gasteiger partial charge in [-0.1, -0.05) is 12.1 Å². The Balaban J connectivity index is 1.66. The number of carbonyl (C=O) groups is 1. The fourth-order valence-electron chi connectivity index (χ4n) is 2.96. The normalized spacial score (nSPS) is 11.0. The average molecular weight is 399 g/mol. The molecule has 0 saturated heterocycles. The molecule has 0 saturated carbocycles. The molecule has 7 heteroatoms. The first-order valence-corrected chi connectivity index (χ1v) is 10.2. The molecule has 3 rings (SSSR count). The fourth-order valence-corrected chi connectivity index (χ4v) is 4.04. The zero-order valence-electron chi connectivity index (χ0n) is 16.8. The van der Waals surface area contributed by atoms with E-state index in [0.717, 1.165) is 33.8 Å². The van der Waals surface area contributed by atoms with Gasteiger partial charge in [-0.2, -0.15) is 0 Å². The predicted octanol–water partition coefficient (Wildman–Crippen LogP) is 3.99. The number of methoxy groups -OCH3 is 1. The van der Waals surface area contributed by atoms with Crippen LogP contribution in [0.2, 0.25) is 0 Å². The minimum atomic E-state index is -0.0619. The molecule has 148 valence electrons. The maximum absolute atomic E-state index is 12.1. The van der Waals surface area contributed by atoms with Crippen molar-refractivity contribution in [2.75, 3.05) is 25.6 Å². The summed E-state index contributed by atoms with van der Waals surface area (Å²) in [6, 6.07) is 7.63. The van der Waals surface area contributed by atoms with Crippen molar-refractivity contribution in [2.45, 2.75) is 33.7 Å². The van der Waals surface area contributed by atoms with Crippen LogP contribution in [0.1, 0.15) is 38.6 Å². The van der Waals surface area contributed by atoms with Crippen molar-refractivity contribution < 1.29 is 9.53 Å². The number of hydrogen-bond donors (Lipinski definition) is 2. The third-order valence-electron chi connectivity index (χ3n) is 4.63. The first-order valence-electron chi connectivity index (χ1n) is 9.34. The lowest BCUT2D eigenvalue weighted by Crippen LogP contribution is -2.25. The number of ether oxygens (including phenoxy) is 1. The molecule has 0 fully saturated rings. The zero-order valence-corrected chi connectivity index (χ0v) is 17.6. The van der Waals surface area contributed by atoms with Gasteiger partial charge in [-0.05, 0) is 50.5 Å². The fraction of sp³-hybridized carbons (Fsp3) is 0.381. The van der Waals surface area contributed by atoms with E-state index < -0.39 is 0 Å². The molecule has 0 bridgehead atoms. The molecule has 0 aliphatic heterocycles. The lowest BCUT2D eigenvalue weighted by molar-refractivity contribution is 0.0948. The Bertz CT molecular complexity index is 967. The molecule has 6 nitrogen and oxygen atoms in total. The second-order valence-corrected chi connectivity index (χ2v) is 7.94. The topological polar surface area (TPSA) is 76.1 Å². The minimum Gasteiger partial charge on any atom is -0.385 e. The molecule has 2 heterocycles. The lowest BCUT2D eigenvalue weighted by atomic mass is 10.1. The highest BCUT2D eigenvalue weighted by molar-refractivity contribution is 7.18. The predicted molar refractivity (Wildman–Crippen MR) is 114 cm³/mol. The molecule has 0 radical (unpaired) electrons. The summed E-state index contributed by atoms with van der Waals surface area (Å²) in [5.74, 6) is 1.56. The second-order valence-electron chi connectivity index (χ2n) is 6.74. The highest BCUT2D eigenvalue weighted by Crippen LogP contribution is 2.33. The second kappa shape index (κ2) is 9.12. The Morgan fingerprint density at radius 1 is 1.14 bits per heavy atom. The molecule has 1 aromatic carbocycles. The van der Waals surface area contributed by atoms with E-state index in [2.05, 4.69) is 34.4 Å². The molecule has 0 spiro atoms.